The van der Waals surface area contributed by atoms with Crippen molar-refractivity contribution in [2.45, 2.75) is 58.5 Å². The molecule has 3 unspecified atom stereocenters. The molecule has 0 aromatic heterocycles. The molecule has 170 valence electrons. The molecule has 1 aromatic carbocycles. The summed E-state index contributed by atoms with van der Waals surface area (Å²) in [5, 5.41) is 6.46. The SMILES string of the molecule is CCNC(=NCc1ccc(CN2CC(C)OC(C)C2)cc1)NC1CCS(=O)(=O)C1.I. The van der Waals surface area contributed by atoms with Crippen molar-refractivity contribution in [3.05, 3.63) is 35.4 Å². The molecule has 0 aliphatic carbocycles. The van der Waals surface area contributed by atoms with Crippen LogP contribution in [-0.4, -0.2) is 68.7 Å². The van der Waals surface area contributed by atoms with Crippen LogP contribution in [-0.2, 0) is 27.7 Å². The van der Waals surface area contributed by atoms with Gasteiger partial charge in [0.05, 0.1) is 30.3 Å². The third-order valence-electron chi connectivity index (χ3n) is 5.26. The first-order valence-electron chi connectivity index (χ1n) is 10.5. The number of aliphatic imine (C=N–C) groups is 1. The Morgan fingerprint density at radius 2 is 1.80 bits per heavy atom. The fourth-order valence-corrected chi connectivity index (χ4v) is 5.69. The maximum atomic E-state index is 11.7. The van der Waals surface area contributed by atoms with E-state index in [1.54, 1.807) is 0 Å². The summed E-state index contributed by atoms with van der Waals surface area (Å²) in [5.74, 6) is 1.12. The van der Waals surface area contributed by atoms with E-state index >= 15 is 0 Å². The van der Waals surface area contributed by atoms with Gasteiger partial charge in [-0.05, 0) is 38.3 Å². The van der Waals surface area contributed by atoms with E-state index in [2.05, 4.69) is 58.6 Å². The normalized spacial score (nSPS) is 26.8. The molecule has 2 heterocycles. The molecule has 9 heteroatoms. The van der Waals surface area contributed by atoms with Crippen molar-refractivity contribution in [1.82, 2.24) is 15.5 Å². The molecule has 0 radical (unpaired) electrons. The van der Waals surface area contributed by atoms with Crippen molar-refractivity contribution in [1.29, 1.82) is 0 Å². The second-order valence-electron chi connectivity index (χ2n) is 8.21. The smallest absolute Gasteiger partial charge is 0.191 e. The molecule has 0 amide bonds. The van der Waals surface area contributed by atoms with Gasteiger partial charge in [-0.25, -0.2) is 13.4 Å². The summed E-state index contributed by atoms with van der Waals surface area (Å²) < 4.78 is 29.1. The monoisotopic (exact) mass is 550 g/mol. The Balaban J connectivity index is 0.00000320. The number of rotatable bonds is 6. The maximum absolute atomic E-state index is 11.7. The van der Waals surface area contributed by atoms with Gasteiger partial charge >= 0.3 is 0 Å². The van der Waals surface area contributed by atoms with Crippen LogP contribution in [0.25, 0.3) is 0 Å². The van der Waals surface area contributed by atoms with Crippen LogP contribution in [0.15, 0.2) is 29.3 Å². The van der Waals surface area contributed by atoms with Crippen LogP contribution in [0.5, 0.6) is 0 Å². The summed E-state index contributed by atoms with van der Waals surface area (Å²) in [7, 11) is -2.90. The number of nitrogens with one attached hydrogen (secondary N) is 2. The quantitative estimate of drug-likeness (QED) is 0.321. The zero-order valence-electron chi connectivity index (χ0n) is 18.1. The highest BCUT2D eigenvalue weighted by Gasteiger charge is 2.28. The van der Waals surface area contributed by atoms with Crippen molar-refractivity contribution in [3.63, 3.8) is 0 Å². The van der Waals surface area contributed by atoms with Crippen molar-refractivity contribution >= 4 is 39.8 Å². The predicted molar refractivity (Wildman–Crippen MR) is 132 cm³/mol. The molecule has 2 aliphatic heterocycles. The van der Waals surface area contributed by atoms with Gasteiger partial charge in [-0.15, -0.1) is 24.0 Å². The number of benzene rings is 1. The maximum Gasteiger partial charge on any atom is 0.191 e. The standard InChI is InChI=1S/C21H34N4O3S.HI/c1-4-22-21(24-20-9-10-29(26,27)15-20)23-11-18-5-7-19(8-6-18)14-25-12-16(2)28-17(3)13-25;/h5-8,16-17,20H,4,9-15H2,1-3H3,(H2,22,23,24);1H. The van der Waals surface area contributed by atoms with Crippen molar-refractivity contribution in [2.75, 3.05) is 31.1 Å². The van der Waals surface area contributed by atoms with E-state index in [0.717, 1.165) is 31.7 Å². The van der Waals surface area contributed by atoms with Gasteiger partial charge in [-0.3, -0.25) is 4.90 Å². The second kappa shape index (κ2) is 11.6. The Bertz CT molecular complexity index is 791. The molecule has 30 heavy (non-hydrogen) atoms. The van der Waals surface area contributed by atoms with Crippen LogP contribution in [0.2, 0.25) is 0 Å². The summed E-state index contributed by atoms with van der Waals surface area (Å²) in [5.41, 5.74) is 2.42. The Morgan fingerprint density at radius 3 is 2.37 bits per heavy atom. The van der Waals surface area contributed by atoms with Gasteiger partial charge in [0.2, 0.25) is 0 Å². The van der Waals surface area contributed by atoms with Gasteiger partial charge in [0, 0.05) is 32.2 Å². The topological polar surface area (TPSA) is 83.0 Å². The van der Waals surface area contributed by atoms with E-state index in [-0.39, 0.29) is 53.7 Å². The lowest BCUT2D eigenvalue weighted by Gasteiger charge is -2.35. The highest BCUT2D eigenvalue weighted by Crippen LogP contribution is 2.15. The van der Waals surface area contributed by atoms with Crippen LogP contribution in [0.4, 0.5) is 0 Å². The van der Waals surface area contributed by atoms with E-state index in [1.165, 1.54) is 5.56 Å². The molecule has 2 N–H and O–H groups in total. The minimum atomic E-state index is -2.90. The molecular formula is C21H35IN4O3S. The number of nitrogens with zero attached hydrogens (tertiary/aromatic N) is 2. The first kappa shape index (κ1) is 25.4. The third-order valence-corrected chi connectivity index (χ3v) is 7.03. The van der Waals surface area contributed by atoms with E-state index in [4.69, 9.17) is 4.74 Å². The number of hydrogen-bond acceptors (Lipinski definition) is 5. The zero-order valence-corrected chi connectivity index (χ0v) is 21.3. The fraction of sp³-hybridized carbons (Fsp3) is 0.667. The van der Waals surface area contributed by atoms with Crippen LogP contribution in [0.1, 0.15) is 38.3 Å². The van der Waals surface area contributed by atoms with Gasteiger partial charge in [0.1, 0.15) is 0 Å². The minimum Gasteiger partial charge on any atom is -0.373 e. The van der Waals surface area contributed by atoms with Crippen LogP contribution in [0, 0.1) is 0 Å². The average Bonchev–Trinajstić information content (AvgIpc) is 2.99. The lowest BCUT2D eigenvalue weighted by atomic mass is 10.1. The summed E-state index contributed by atoms with van der Waals surface area (Å²) in [6, 6.07) is 8.52. The Hall–Kier alpha value is -0.910. The van der Waals surface area contributed by atoms with Crippen LogP contribution < -0.4 is 10.6 Å². The highest BCUT2D eigenvalue weighted by molar-refractivity contribution is 14.0. The van der Waals surface area contributed by atoms with Crippen molar-refractivity contribution in [2.24, 2.45) is 4.99 Å². The molecule has 2 saturated heterocycles. The van der Waals surface area contributed by atoms with E-state index < -0.39 is 9.84 Å². The molecule has 7 nitrogen and oxygen atoms in total. The molecule has 3 atom stereocenters. The van der Waals surface area contributed by atoms with Gasteiger partial charge in [-0.1, -0.05) is 24.3 Å². The molecule has 0 saturated carbocycles. The molecule has 2 fully saturated rings. The number of sulfone groups is 1. The van der Waals surface area contributed by atoms with E-state index in [0.29, 0.717) is 18.9 Å². The van der Waals surface area contributed by atoms with Gasteiger partial charge in [-0.2, -0.15) is 0 Å². The summed E-state index contributed by atoms with van der Waals surface area (Å²) in [6.07, 6.45) is 1.19. The largest absolute Gasteiger partial charge is 0.373 e. The number of ether oxygens (including phenoxy) is 1. The average molecular weight is 551 g/mol. The van der Waals surface area contributed by atoms with E-state index in [9.17, 15) is 8.42 Å². The first-order chi connectivity index (χ1) is 13.8. The van der Waals surface area contributed by atoms with Crippen LogP contribution in [0.3, 0.4) is 0 Å². The van der Waals surface area contributed by atoms with Crippen molar-refractivity contribution in [3.8, 4) is 0 Å². The summed E-state index contributed by atoms with van der Waals surface area (Å²) in [4.78, 5) is 7.07. The van der Waals surface area contributed by atoms with Crippen molar-refractivity contribution < 1.29 is 13.2 Å². The first-order valence-corrected chi connectivity index (χ1v) is 12.4. The molecule has 1 aromatic rings. The Kier molecular flexibility index (Phi) is 9.83. The Morgan fingerprint density at radius 1 is 1.17 bits per heavy atom. The molecule has 0 spiro atoms. The van der Waals surface area contributed by atoms with Gasteiger partial charge in [0.25, 0.3) is 0 Å². The zero-order chi connectivity index (χ0) is 20.9. The number of halogens is 1. The summed E-state index contributed by atoms with van der Waals surface area (Å²) >= 11 is 0. The number of guanidine groups is 1. The number of morpholine rings is 1. The molecule has 0 bridgehead atoms. The fourth-order valence-electron chi connectivity index (χ4n) is 4.01. The highest BCUT2D eigenvalue weighted by atomic mass is 127. The molecule has 3 rings (SSSR count). The van der Waals surface area contributed by atoms with Gasteiger partial charge < -0.3 is 15.4 Å². The van der Waals surface area contributed by atoms with Crippen LogP contribution >= 0.6 is 24.0 Å². The third kappa shape index (κ3) is 7.97. The minimum absolute atomic E-state index is 0. The predicted octanol–water partition coefficient (Wildman–Crippen LogP) is 2.16. The second-order valence-corrected chi connectivity index (χ2v) is 10.4. The Labute approximate surface area is 198 Å². The lowest BCUT2D eigenvalue weighted by molar-refractivity contribution is -0.0704. The number of hydrogen-bond donors (Lipinski definition) is 2. The summed E-state index contributed by atoms with van der Waals surface area (Å²) in [6.45, 7) is 10.4. The lowest BCUT2D eigenvalue weighted by Crippen LogP contribution is -2.44. The van der Waals surface area contributed by atoms with E-state index in [1.807, 2.05) is 6.92 Å². The molecule has 2 aliphatic rings. The van der Waals surface area contributed by atoms with Gasteiger partial charge in [0.15, 0.2) is 15.8 Å². The molecular weight excluding hydrogens is 515 g/mol.